The van der Waals surface area contributed by atoms with E-state index in [0.29, 0.717) is 18.7 Å². The van der Waals surface area contributed by atoms with Crippen LogP contribution in [0.15, 0.2) is 29.4 Å². The number of carbonyl (C=O) groups is 1. The minimum Gasteiger partial charge on any atom is -0.330 e. The van der Waals surface area contributed by atoms with Crippen molar-refractivity contribution in [3.63, 3.8) is 0 Å². The maximum Gasteiger partial charge on any atom is 0.256 e. The van der Waals surface area contributed by atoms with Crippen LogP contribution in [0.3, 0.4) is 0 Å². The summed E-state index contributed by atoms with van der Waals surface area (Å²) in [5.41, 5.74) is 6.89. The molecule has 0 saturated carbocycles. The summed E-state index contributed by atoms with van der Waals surface area (Å²) in [5, 5.41) is 5.73. The van der Waals surface area contributed by atoms with Crippen molar-refractivity contribution in [3.05, 3.63) is 30.1 Å². The first kappa shape index (κ1) is 14.7. The second-order valence-electron chi connectivity index (χ2n) is 4.95. The summed E-state index contributed by atoms with van der Waals surface area (Å²) in [6, 6.07) is 5.96. The van der Waals surface area contributed by atoms with Crippen molar-refractivity contribution in [2.24, 2.45) is 16.8 Å². The van der Waals surface area contributed by atoms with E-state index in [4.69, 9.17) is 5.73 Å². The molecule has 2 N–H and O–H groups in total. The molecule has 4 nitrogen and oxygen atoms in total. The van der Waals surface area contributed by atoms with Gasteiger partial charge >= 0.3 is 0 Å². The van der Waals surface area contributed by atoms with Crippen LogP contribution in [0.2, 0.25) is 0 Å². The summed E-state index contributed by atoms with van der Waals surface area (Å²) in [4.78, 5) is 12.5. The smallest absolute Gasteiger partial charge is 0.256 e. The Bertz CT molecular complexity index is 516. The van der Waals surface area contributed by atoms with Gasteiger partial charge in [0.05, 0.1) is 17.3 Å². The third-order valence-electron chi connectivity index (χ3n) is 3.39. The van der Waals surface area contributed by atoms with Crippen molar-refractivity contribution >= 4 is 17.3 Å². The number of rotatable bonds is 6. The first-order chi connectivity index (χ1) is 9.67. The molecule has 1 amide bonds. The van der Waals surface area contributed by atoms with Crippen LogP contribution in [-0.4, -0.2) is 18.2 Å². The van der Waals surface area contributed by atoms with E-state index >= 15 is 0 Å². The molecule has 0 fully saturated rings. The lowest BCUT2D eigenvalue weighted by atomic mass is 9.94. The maximum absolute atomic E-state index is 13.3. The number of hydrogen-bond donors (Lipinski definition) is 1. The maximum atomic E-state index is 13.3. The zero-order valence-electron chi connectivity index (χ0n) is 11.7. The summed E-state index contributed by atoms with van der Waals surface area (Å²) in [6.45, 7) is 2.61. The number of halogens is 1. The van der Waals surface area contributed by atoms with Crippen LogP contribution >= 0.6 is 0 Å². The molecule has 1 unspecified atom stereocenters. The lowest BCUT2D eigenvalue weighted by molar-refractivity contribution is -0.119. The second-order valence-corrected chi connectivity index (χ2v) is 4.95. The van der Waals surface area contributed by atoms with Crippen molar-refractivity contribution in [2.45, 2.75) is 32.6 Å². The van der Waals surface area contributed by atoms with Gasteiger partial charge in [0, 0.05) is 0 Å². The van der Waals surface area contributed by atoms with Gasteiger partial charge in [-0.3, -0.25) is 4.79 Å². The Labute approximate surface area is 118 Å². The number of amides is 1. The molecule has 0 spiro atoms. The molecule has 2 rings (SSSR count). The first-order valence-corrected chi connectivity index (χ1v) is 7.04. The molecule has 1 aliphatic heterocycles. The van der Waals surface area contributed by atoms with Crippen molar-refractivity contribution in [1.29, 1.82) is 0 Å². The number of anilines is 1. The molecule has 0 radical (unpaired) electrons. The van der Waals surface area contributed by atoms with Crippen LogP contribution in [0.25, 0.3) is 0 Å². The van der Waals surface area contributed by atoms with E-state index in [9.17, 15) is 9.18 Å². The average molecular weight is 277 g/mol. The minimum absolute atomic E-state index is 0.0764. The molecule has 108 valence electrons. The van der Waals surface area contributed by atoms with Crippen molar-refractivity contribution < 1.29 is 9.18 Å². The molecule has 0 aliphatic carbocycles. The van der Waals surface area contributed by atoms with E-state index in [-0.39, 0.29) is 17.6 Å². The van der Waals surface area contributed by atoms with Crippen molar-refractivity contribution in [1.82, 2.24) is 0 Å². The summed E-state index contributed by atoms with van der Waals surface area (Å²) >= 11 is 0. The third-order valence-corrected chi connectivity index (χ3v) is 3.39. The van der Waals surface area contributed by atoms with Gasteiger partial charge in [-0.2, -0.15) is 5.10 Å². The lowest BCUT2D eigenvalue weighted by Gasteiger charge is -2.14. The molecule has 20 heavy (non-hydrogen) atoms. The summed E-state index contributed by atoms with van der Waals surface area (Å²) in [6.07, 6.45) is 3.21. The van der Waals surface area contributed by atoms with Gasteiger partial charge in [-0.15, -0.1) is 0 Å². The van der Waals surface area contributed by atoms with E-state index in [1.54, 1.807) is 12.1 Å². The molecule has 0 saturated heterocycles. The van der Waals surface area contributed by atoms with Crippen molar-refractivity contribution in [2.75, 3.05) is 11.6 Å². The predicted octanol–water partition coefficient (Wildman–Crippen LogP) is 2.68. The van der Waals surface area contributed by atoms with Crippen LogP contribution in [0.4, 0.5) is 10.1 Å². The van der Waals surface area contributed by atoms with E-state index in [0.717, 1.165) is 25.0 Å². The first-order valence-electron chi connectivity index (χ1n) is 7.04. The van der Waals surface area contributed by atoms with Gasteiger partial charge in [-0.25, -0.2) is 9.40 Å². The van der Waals surface area contributed by atoms with Gasteiger partial charge in [-0.1, -0.05) is 19.4 Å². The van der Waals surface area contributed by atoms with Gasteiger partial charge in [0.2, 0.25) is 0 Å². The topological polar surface area (TPSA) is 58.7 Å². The highest BCUT2D eigenvalue weighted by Crippen LogP contribution is 2.28. The van der Waals surface area contributed by atoms with Crippen LogP contribution in [0.5, 0.6) is 0 Å². The van der Waals surface area contributed by atoms with Crippen LogP contribution in [-0.2, 0) is 4.79 Å². The minimum atomic E-state index is -0.368. The molecule has 5 heteroatoms. The fraction of sp³-hybridized carbons (Fsp3) is 0.467. The molecule has 1 aromatic carbocycles. The van der Waals surface area contributed by atoms with Crippen LogP contribution < -0.4 is 10.7 Å². The van der Waals surface area contributed by atoms with E-state index < -0.39 is 0 Å². The Balaban J connectivity index is 2.24. The van der Waals surface area contributed by atoms with Gasteiger partial charge in [-0.05, 0) is 44.0 Å². The largest absolute Gasteiger partial charge is 0.330 e. The standard InChI is InChI=1S/C15H20FN3O/c1-2-5-14-13(8-4-9-17)15(20)19(18-14)12-7-3-6-11(16)10-12/h3,6-7,10,13H,2,4-5,8-9,17H2,1H3. The van der Waals surface area contributed by atoms with E-state index in [1.165, 1.54) is 17.1 Å². The molecule has 1 atom stereocenters. The van der Waals surface area contributed by atoms with Crippen molar-refractivity contribution in [3.8, 4) is 0 Å². The number of hydrazone groups is 1. The number of benzene rings is 1. The van der Waals surface area contributed by atoms with Crippen LogP contribution in [0.1, 0.15) is 32.6 Å². The summed E-state index contributed by atoms with van der Waals surface area (Å²) in [7, 11) is 0. The SMILES string of the molecule is CCCC1=NN(c2cccc(F)c2)C(=O)C1CCCN. The fourth-order valence-corrected chi connectivity index (χ4v) is 2.42. The number of hydrogen-bond acceptors (Lipinski definition) is 3. The molecule has 1 aromatic rings. The zero-order chi connectivity index (χ0) is 14.5. The predicted molar refractivity (Wildman–Crippen MR) is 78.0 cm³/mol. The second kappa shape index (κ2) is 6.61. The number of nitrogens with two attached hydrogens (primary N) is 1. The van der Waals surface area contributed by atoms with Gasteiger partial charge < -0.3 is 5.73 Å². The molecular weight excluding hydrogens is 257 g/mol. The summed E-state index contributed by atoms with van der Waals surface area (Å²) < 4.78 is 13.3. The van der Waals surface area contributed by atoms with Crippen LogP contribution in [0, 0.1) is 11.7 Å². The Morgan fingerprint density at radius 3 is 2.90 bits per heavy atom. The number of nitrogens with zero attached hydrogens (tertiary/aromatic N) is 2. The fourth-order valence-electron chi connectivity index (χ4n) is 2.42. The third kappa shape index (κ3) is 3.04. The highest BCUT2D eigenvalue weighted by molar-refractivity contribution is 6.15. The molecule has 1 heterocycles. The molecular formula is C15H20FN3O. The van der Waals surface area contributed by atoms with Gasteiger partial charge in [0.15, 0.2) is 0 Å². The number of carbonyl (C=O) groups excluding carboxylic acids is 1. The normalized spacial score (nSPS) is 18.6. The highest BCUT2D eigenvalue weighted by atomic mass is 19.1. The van der Waals surface area contributed by atoms with E-state index in [1.807, 2.05) is 0 Å². The molecule has 0 aromatic heterocycles. The van der Waals surface area contributed by atoms with E-state index in [2.05, 4.69) is 12.0 Å². The molecule has 1 aliphatic rings. The highest BCUT2D eigenvalue weighted by Gasteiger charge is 2.35. The Kier molecular flexibility index (Phi) is 4.84. The summed E-state index contributed by atoms with van der Waals surface area (Å²) in [5.74, 6) is -0.651. The van der Waals surface area contributed by atoms with Gasteiger partial charge in [0.1, 0.15) is 5.82 Å². The lowest BCUT2D eigenvalue weighted by Crippen LogP contribution is -2.28. The quantitative estimate of drug-likeness (QED) is 0.869. The Morgan fingerprint density at radius 1 is 1.45 bits per heavy atom. The van der Waals surface area contributed by atoms with Gasteiger partial charge in [0.25, 0.3) is 5.91 Å². The Morgan fingerprint density at radius 2 is 2.25 bits per heavy atom. The zero-order valence-corrected chi connectivity index (χ0v) is 11.7. The molecule has 0 bridgehead atoms. The average Bonchev–Trinajstić information content (AvgIpc) is 2.74. The Hall–Kier alpha value is -1.75. The monoisotopic (exact) mass is 277 g/mol.